The van der Waals surface area contributed by atoms with Gasteiger partial charge in [-0.05, 0) is 35.9 Å². The SMILES string of the molecule is OC(c1cc(F)ccc1Cl)c1ccc(Br)cc1C(F)(F)F. The highest BCUT2D eigenvalue weighted by molar-refractivity contribution is 9.10. The van der Waals surface area contributed by atoms with E-state index in [0.717, 1.165) is 24.3 Å². The Morgan fingerprint density at radius 2 is 1.71 bits per heavy atom. The molecule has 0 aromatic heterocycles. The Balaban J connectivity index is 2.58. The molecule has 1 atom stereocenters. The second-order valence-corrected chi connectivity index (χ2v) is 5.62. The Morgan fingerprint density at radius 3 is 2.33 bits per heavy atom. The molecule has 2 aromatic rings. The van der Waals surface area contributed by atoms with Gasteiger partial charge in [-0.2, -0.15) is 13.2 Å². The molecule has 0 amide bonds. The topological polar surface area (TPSA) is 20.2 Å². The highest BCUT2D eigenvalue weighted by Gasteiger charge is 2.35. The molecule has 0 saturated heterocycles. The summed E-state index contributed by atoms with van der Waals surface area (Å²) >= 11 is 8.77. The van der Waals surface area contributed by atoms with Gasteiger partial charge < -0.3 is 5.11 Å². The zero-order chi connectivity index (χ0) is 15.8. The summed E-state index contributed by atoms with van der Waals surface area (Å²) in [5, 5.41) is 10.2. The van der Waals surface area contributed by atoms with Gasteiger partial charge in [0.1, 0.15) is 11.9 Å². The van der Waals surface area contributed by atoms with E-state index in [9.17, 15) is 22.7 Å². The first-order valence-corrected chi connectivity index (χ1v) is 6.87. The van der Waals surface area contributed by atoms with Crippen LogP contribution in [-0.4, -0.2) is 5.11 Å². The molecule has 21 heavy (non-hydrogen) atoms. The van der Waals surface area contributed by atoms with Crippen molar-refractivity contribution in [2.45, 2.75) is 12.3 Å². The Kier molecular flexibility index (Phi) is 4.60. The maximum Gasteiger partial charge on any atom is 0.416 e. The van der Waals surface area contributed by atoms with Gasteiger partial charge in [-0.25, -0.2) is 4.39 Å². The molecule has 1 N–H and O–H groups in total. The maximum atomic E-state index is 13.2. The van der Waals surface area contributed by atoms with Crippen molar-refractivity contribution < 1.29 is 22.7 Å². The predicted octanol–water partition coefficient (Wildman–Crippen LogP) is 5.34. The fourth-order valence-electron chi connectivity index (χ4n) is 1.90. The van der Waals surface area contributed by atoms with Crippen LogP contribution >= 0.6 is 27.5 Å². The third-order valence-corrected chi connectivity index (χ3v) is 3.71. The van der Waals surface area contributed by atoms with Crippen LogP contribution in [0.2, 0.25) is 5.02 Å². The lowest BCUT2D eigenvalue weighted by Gasteiger charge is -2.19. The number of halogens is 6. The van der Waals surface area contributed by atoms with E-state index in [0.29, 0.717) is 0 Å². The molecule has 1 unspecified atom stereocenters. The van der Waals surface area contributed by atoms with Gasteiger partial charge in [0.05, 0.1) is 5.56 Å². The summed E-state index contributed by atoms with van der Waals surface area (Å²) in [5.41, 5.74) is -1.52. The smallest absolute Gasteiger partial charge is 0.384 e. The lowest BCUT2D eigenvalue weighted by atomic mass is 9.96. The van der Waals surface area contributed by atoms with E-state index in [4.69, 9.17) is 11.6 Å². The highest BCUT2D eigenvalue weighted by atomic mass is 79.9. The molecular formula is C14H8BrClF4O. The van der Waals surface area contributed by atoms with E-state index in [-0.39, 0.29) is 15.1 Å². The van der Waals surface area contributed by atoms with Gasteiger partial charge in [0, 0.05) is 15.1 Å². The van der Waals surface area contributed by atoms with Crippen molar-refractivity contribution in [2.75, 3.05) is 0 Å². The first kappa shape index (κ1) is 16.3. The third kappa shape index (κ3) is 3.56. The quantitative estimate of drug-likeness (QED) is 0.694. The number of benzene rings is 2. The fourth-order valence-corrected chi connectivity index (χ4v) is 2.49. The minimum atomic E-state index is -4.65. The van der Waals surface area contributed by atoms with Crippen molar-refractivity contribution in [3.63, 3.8) is 0 Å². The molecule has 7 heteroatoms. The number of hydrogen-bond acceptors (Lipinski definition) is 1. The molecule has 0 aliphatic rings. The van der Waals surface area contributed by atoms with Crippen molar-refractivity contribution in [1.29, 1.82) is 0 Å². The number of rotatable bonds is 2. The van der Waals surface area contributed by atoms with Crippen LogP contribution in [0.3, 0.4) is 0 Å². The van der Waals surface area contributed by atoms with E-state index < -0.39 is 29.2 Å². The molecule has 0 saturated carbocycles. The molecule has 0 bridgehead atoms. The average Bonchev–Trinajstić information content (AvgIpc) is 2.40. The summed E-state index contributed by atoms with van der Waals surface area (Å²) in [6.45, 7) is 0. The molecule has 2 aromatic carbocycles. The predicted molar refractivity (Wildman–Crippen MR) is 74.6 cm³/mol. The van der Waals surface area contributed by atoms with Crippen LogP contribution in [0, 0.1) is 5.82 Å². The van der Waals surface area contributed by atoms with E-state index in [1.807, 2.05) is 0 Å². The van der Waals surface area contributed by atoms with Crippen LogP contribution in [0.15, 0.2) is 40.9 Å². The van der Waals surface area contributed by atoms with Gasteiger partial charge in [-0.1, -0.05) is 33.6 Å². The van der Waals surface area contributed by atoms with E-state index >= 15 is 0 Å². The van der Waals surface area contributed by atoms with Crippen LogP contribution in [-0.2, 0) is 6.18 Å². The second-order valence-electron chi connectivity index (χ2n) is 4.30. The highest BCUT2D eigenvalue weighted by Crippen LogP contribution is 2.39. The molecule has 0 aliphatic carbocycles. The van der Waals surface area contributed by atoms with Crippen LogP contribution in [0.25, 0.3) is 0 Å². The van der Waals surface area contributed by atoms with Crippen molar-refractivity contribution in [1.82, 2.24) is 0 Å². The Bertz CT molecular complexity index is 673. The van der Waals surface area contributed by atoms with Crippen LogP contribution in [0.5, 0.6) is 0 Å². The van der Waals surface area contributed by atoms with Gasteiger partial charge in [-0.15, -0.1) is 0 Å². The summed E-state index contributed by atoms with van der Waals surface area (Å²) in [7, 11) is 0. The molecule has 0 fully saturated rings. The van der Waals surface area contributed by atoms with Crippen LogP contribution in [0.4, 0.5) is 17.6 Å². The lowest BCUT2D eigenvalue weighted by Crippen LogP contribution is -2.13. The van der Waals surface area contributed by atoms with Crippen molar-refractivity contribution >= 4 is 27.5 Å². The molecule has 1 nitrogen and oxygen atoms in total. The lowest BCUT2D eigenvalue weighted by molar-refractivity contribution is -0.139. The minimum Gasteiger partial charge on any atom is -0.384 e. The van der Waals surface area contributed by atoms with Crippen molar-refractivity contribution in [3.05, 3.63) is 68.4 Å². The third-order valence-electron chi connectivity index (χ3n) is 2.87. The summed E-state index contributed by atoms with van der Waals surface area (Å²) in [6.07, 6.45) is -6.34. The molecule has 0 radical (unpaired) electrons. The zero-order valence-corrected chi connectivity index (χ0v) is 12.6. The largest absolute Gasteiger partial charge is 0.416 e. The molecule has 112 valence electrons. The monoisotopic (exact) mass is 382 g/mol. The number of alkyl halides is 3. The summed E-state index contributed by atoms with van der Waals surface area (Å²) in [4.78, 5) is 0. The first-order valence-electron chi connectivity index (χ1n) is 5.70. The molecule has 0 spiro atoms. The normalized spacial score (nSPS) is 13.3. The van der Waals surface area contributed by atoms with E-state index in [1.54, 1.807) is 0 Å². The standard InChI is InChI=1S/C14H8BrClF4O/c15-7-1-3-9(11(5-7)14(18,19)20)13(21)10-6-8(17)2-4-12(10)16/h1-6,13,21H. The first-order chi connectivity index (χ1) is 9.70. The van der Waals surface area contributed by atoms with Gasteiger partial charge in [-0.3, -0.25) is 0 Å². The fraction of sp³-hybridized carbons (Fsp3) is 0.143. The van der Waals surface area contributed by atoms with Gasteiger partial charge in [0.15, 0.2) is 0 Å². The summed E-state index contributed by atoms with van der Waals surface area (Å²) < 4.78 is 52.6. The molecular weight excluding hydrogens is 376 g/mol. The zero-order valence-electron chi connectivity index (χ0n) is 10.3. The van der Waals surface area contributed by atoms with Crippen LogP contribution < -0.4 is 0 Å². The Labute approximate surface area is 131 Å². The van der Waals surface area contributed by atoms with Gasteiger partial charge in [0.25, 0.3) is 0 Å². The summed E-state index contributed by atoms with van der Waals surface area (Å²) in [5.74, 6) is -0.695. The van der Waals surface area contributed by atoms with E-state index in [1.165, 1.54) is 12.1 Å². The Hall–Kier alpha value is -1.11. The average molecular weight is 384 g/mol. The minimum absolute atomic E-state index is 0.0139. The van der Waals surface area contributed by atoms with E-state index in [2.05, 4.69) is 15.9 Å². The molecule has 0 aliphatic heterocycles. The number of hydrogen-bond donors (Lipinski definition) is 1. The molecule has 0 heterocycles. The summed E-state index contributed by atoms with van der Waals surface area (Å²) in [6, 6.07) is 6.49. The van der Waals surface area contributed by atoms with Gasteiger partial charge in [0.2, 0.25) is 0 Å². The van der Waals surface area contributed by atoms with Crippen molar-refractivity contribution in [3.8, 4) is 0 Å². The number of aliphatic hydroxyl groups is 1. The van der Waals surface area contributed by atoms with Crippen LogP contribution in [0.1, 0.15) is 22.8 Å². The molecule has 2 rings (SSSR count). The second kappa shape index (κ2) is 5.94. The Morgan fingerprint density at radius 1 is 1.05 bits per heavy atom. The number of aliphatic hydroxyl groups excluding tert-OH is 1. The maximum absolute atomic E-state index is 13.2. The van der Waals surface area contributed by atoms with Crippen molar-refractivity contribution in [2.24, 2.45) is 0 Å². The van der Waals surface area contributed by atoms with Gasteiger partial charge >= 0.3 is 6.18 Å².